The van der Waals surface area contributed by atoms with Gasteiger partial charge in [-0.2, -0.15) is 26.3 Å². The molecule has 0 aliphatic rings. The Morgan fingerprint density at radius 3 is 2.10 bits per heavy atom. The summed E-state index contributed by atoms with van der Waals surface area (Å²) in [6.45, 7) is 0.108. The third kappa shape index (κ3) is 7.08. The number of aryl methyl sites for hydroxylation is 1. The maximum atomic E-state index is 13.4. The average Bonchev–Trinajstić information content (AvgIpc) is 3.30. The summed E-state index contributed by atoms with van der Waals surface area (Å²) >= 11 is 0. The molecule has 5 nitrogen and oxygen atoms in total. The van der Waals surface area contributed by atoms with Crippen LogP contribution in [-0.2, 0) is 25.8 Å². The Labute approximate surface area is 232 Å². The van der Waals surface area contributed by atoms with Crippen LogP contribution >= 0.6 is 0 Å². The van der Waals surface area contributed by atoms with Gasteiger partial charge < -0.3 is 14.8 Å². The first-order valence-corrected chi connectivity index (χ1v) is 12.7. The van der Waals surface area contributed by atoms with Crippen molar-refractivity contribution in [2.45, 2.75) is 31.2 Å². The van der Waals surface area contributed by atoms with Crippen LogP contribution in [0.1, 0.15) is 43.8 Å². The van der Waals surface area contributed by atoms with E-state index in [1.807, 2.05) is 29.9 Å². The van der Waals surface area contributed by atoms with Gasteiger partial charge in [0.2, 0.25) is 0 Å². The number of likely N-dealkylation sites (N-methyl/N-ethyl adjacent to an activating group) is 1. The molecule has 3 aromatic carbocycles. The molecule has 1 aromatic heterocycles. The summed E-state index contributed by atoms with van der Waals surface area (Å²) in [5.74, 6) is -1.35. The summed E-state index contributed by atoms with van der Waals surface area (Å²) in [6.07, 6.45) is -7.83. The van der Waals surface area contributed by atoms with E-state index in [-0.39, 0.29) is 31.4 Å². The van der Waals surface area contributed by atoms with Crippen LogP contribution in [0.4, 0.5) is 26.3 Å². The fourth-order valence-corrected chi connectivity index (χ4v) is 4.64. The maximum absolute atomic E-state index is 13.4. The maximum Gasteiger partial charge on any atom is 0.416 e. The van der Waals surface area contributed by atoms with Crippen LogP contribution < -0.4 is 5.32 Å². The Bertz CT molecular complexity index is 1510. The molecule has 0 saturated carbocycles. The highest BCUT2D eigenvalue weighted by atomic mass is 19.4. The first-order chi connectivity index (χ1) is 19.2. The highest BCUT2D eigenvalue weighted by Crippen LogP contribution is 2.36. The number of amides is 2. The van der Waals surface area contributed by atoms with Crippen LogP contribution in [-0.4, -0.2) is 40.9 Å². The van der Waals surface area contributed by atoms with E-state index >= 15 is 0 Å². The second kappa shape index (κ2) is 11.7. The number of fused-ring (bicyclic) bond motifs is 1. The van der Waals surface area contributed by atoms with Gasteiger partial charge in [0.1, 0.15) is 0 Å². The number of halogens is 6. The molecule has 4 rings (SSSR count). The molecule has 1 atom stereocenters. The molecular weight excluding hydrogens is 548 g/mol. The lowest BCUT2D eigenvalue weighted by molar-refractivity contribution is -0.143. The predicted molar refractivity (Wildman–Crippen MR) is 142 cm³/mol. The van der Waals surface area contributed by atoms with Crippen LogP contribution in [0.5, 0.6) is 0 Å². The number of alkyl halides is 6. The molecule has 0 saturated heterocycles. The van der Waals surface area contributed by atoms with Crippen molar-refractivity contribution in [2.24, 2.45) is 7.05 Å². The lowest BCUT2D eigenvalue weighted by Crippen LogP contribution is -2.41. The molecule has 0 spiro atoms. The summed E-state index contributed by atoms with van der Waals surface area (Å²) < 4.78 is 82.2. The molecule has 0 bridgehead atoms. The first-order valence-electron chi connectivity index (χ1n) is 12.7. The molecular formula is C30H27F6N3O2. The van der Waals surface area contributed by atoms with Crippen molar-refractivity contribution in [3.8, 4) is 0 Å². The van der Waals surface area contributed by atoms with Crippen molar-refractivity contribution in [3.05, 3.63) is 107 Å². The quantitative estimate of drug-likeness (QED) is 0.237. The number of rotatable bonds is 8. The number of benzene rings is 3. The van der Waals surface area contributed by atoms with Gasteiger partial charge in [0.15, 0.2) is 0 Å². The van der Waals surface area contributed by atoms with Gasteiger partial charge in [-0.25, -0.2) is 0 Å². The zero-order chi connectivity index (χ0) is 29.9. The Morgan fingerprint density at radius 2 is 1.49 bits per heavy atom. The van der Waals surface area contributed by atoms with Crippen molar-refractivity contribution < 1.29 is 35.9 Å². The Balaban J connectivity index is 1.55. The zero-order valence-electron chi connectivity index (χ0n) is 22.2. The molecule has 1 N–H and O–H groups in total. The number of hydrogen-bond acceptors (Lipinski definition) is 2. The summed E-state index contributed by atoms with van der Waals surface area (Å²) in [5, 5.41) is 3.68. The van der Waals surface area contributed by atoms with Crippen LogP contribution in [0.25, 0.3) is 10.9 Å². The van der Waals surface area contributed by atoms with Gasteiger partial charge in [-0.1, -0.05) is 30.3 Å². The standard InChI is InChI=1S/C30H27F6N3O2/c1-38-13-11-20-15-21(8-9-26(20)38)27(40)37-12-10-25(14-19-6-4-3-5-7-19)39(2)28(41)22-16-23(29(31,32)33)18-24(17-22)30(34,35)36/h3-9,11,13,15-18,25H,10,12,14H2,1-2H3,(H,37,40). The molecule has 1 unspecified atom stereocenters. The van der Waals surface area contributed by atoms with E-state index in [2.05, 4.69) is 5.32 Å². The van der Waals surface area contributed by atoms with Crippen molar-refractivity contribution >= 4 is 22.7 Å². The van der Waals surface area contributed by atoms with E-state index in [1.54, 1.807) is 42.5 Å². The van der Waals surface area contributed by atoms with E-state index in [1.165, 1.54) is 7.05 Å². The van der Waals surface area contributed by atoms with Crippen molar-refractivity contribution in [2.75, 3.05) is 13.6 Å². The van der Waals surface area contributed by atoms with E-state index in [9.17, 15) is 35.9 Å². The molecule has 2 amide bonds. The number of nitrogens with zero attached hydrogens (tertiary/aromatic N) is 2. The normalized spacial score (nSPS) is 12.8. The largest absolute Gasteiger partial charge is 0.416 e. The van der Waals surface area contributed by atoms with Crippen molar-refractivity contribution in [1.29, 1.82) is 0 Å². The first kappa shape index (κ1) is 29.7. The molecule has 0 radical (unpaired) electrons. The molecule has 0 aliphatic heterocycles. The minimum absolute atomic E-state index is 0.0133. The van der Waals surface area contributed by atoms with Crippen molar-refractivity contribution in [1.82, 2.24) is 14.8 Å². The molecule has 0 aliphatic carbocycles. The lowest BCUT2D eigenvalue weighted by atomic mass is 9.99. The SMILES string of the molecule is CN(C(=O)c1cc(C(F)(F)F)cc(C(F)(F)F)c1)C(CCNC(=O)c1ccc2c(ccn2C)c1)Cc1ccccc1. The summed E-state index contributed by atoms with van der Waals surface area (Å²) in [4.78, 5) is 27.2. The minimum atomic E-state index is -5.08. The molecule has 4 aromatic rings. The van der Waals surface area contributed by atoms with Crippen LogP contribution in [0, 0.1) is 0 Å². The van der Waals surface area contributed by atoms with Crippen molar-refractivity contribution in [3.63, 3.8) is 0 Å². The molecule has 0 fully saturated rings. The second-order valence-corrected chi connectivity index (χ2v) is 9.80. The van der Waals surface area contributed by atoms with E-state index in [0.29, 0.717) is 17.7 Å². The number of aromatic nitrogens is 1. The smallest absolute Gasteiger partial charge is 0.352 e. The Morgan fingerprint density at radius 1 is 0.854 bits per heavy atom. The van der Waals surface area contributed by atoms with Crippen LogP contribution in [0.3, 0.4) is 0 Å². The van der Waals surface area contributed by atoms with Gasteiger partial charge in [0.25, 0.3) is 11.8 Å². The minimum Gasteiger partial charge on any atom is -0.352 e. The van der Waals surface area contributed by atoms with Crippen LogP contribution in [0.2, 0.25) is 0 Å². The lowest BCUT2D eigenvalue weighted by Gasteiger charge is -2.29. The van der Waals surface area contributed by atoms with E-state index in [0.717, 1.165) is 21.4 Å². The third-order valence-corrected chi connectivity index (χ3v) is 6.93. The summed E-state index contributed by atoms with van der Waals surface area (Å²) in [7, 11) is 3.21. The molecule has 1 heterocycles. The Hall–Kier alpha value is -4.28. The van der Waals surface area contributed by atoms with Gasteiger partial charge in [0, 0.05) is 54.9 Å². The predicted octanol–water partition coefficient (Wildman–Crippen LogP) is 6.72. The number of hydrogen-bond donors (Lipinski definition) is 1. The molecule has 216 valence electrons. The third-order valence-electron chi connectivity index (χ3n) is 6.93. The van der Waals surface area contributed by atoms with Gasteiger partial charge in [-0.15, -0.1) is 0 Å². The summed E-state index contributed by atoms with van der Waals surface area (Å²) in [6, 6.07) is 16.2. The highest BCUT2D eigenvalue weighted by molar-refractivity contribution is 5.98. The number of nitrogens with one attached hydrogen (secondary N) is 1. The van der Waals surface area contributed by atoms with E-state index < -0.39 is 41.0 Å². The Kier molecular flexibility index (Phi) is 8.46. The average molecular weight is 576 g/mol. The van der Waals surface area contributed by atoms with Gasteiger partial charge >= 0.3 is 12.4 Å². The monoisotopic (exact) mass is 575 g/mol. The molecule has 41 heavy (non-hydrogen) atoms. The van der Waals surface area contributed by atoms with Crippen LogP contribution in [0.15, 0.2) is 79.0 Å². The number of carbonyl (C=O) groups is 2. The topological polar surface area (TPSA) is 54.3 Å². The summed E-state index contributed by atoms with van der Waals surface area (Å²) in [5.41, 5.74) is -1.67. The van der Waals surface area contributed by atoms with Gasteiger partial charge in [-0.05, 0) is 60.9 Å². The van der Waals surface area contributed by atoms with E-state index in [4.69, 9.17) is 0 Å². The second-order valence-electron chi connectivity index (χ2n) is 9.80. The highest BCUT2D eigenvalue weighted by Gasteiger charge is 2.38. The molecule has 11 heteroatoms. The van der Waals surface area contributed by atoms with Gasteiger partial charge in [0.05, 0.1) is 11.1 Å². The zero-order valence-corrected chi connectivity index (χ0v) is 22.2. The number of carbonyl (C=O) groups excluding carboxylic acids is 2. The fraction of sp³-hybridized carbons (Fsp3) is 0.267. The fourth-order valence-electron chi connectivity index (χ4n) is 4.64. The van der Waals surface area contributed by atoms with Gasteiger partial charge in [-0.3, -0.25) is 9.59 Å².